The molecule has 236 valence electrons. The Morgan fingerprint density at radius 2 is 1.74 bits per heavy atom. The summed E-state index contributed by atoms with van der Waals surface area (Å²) in [4.78, 5) is 9.90. The average Bonchev–Trinajstić information content (AvgIpc) is 3.74. The molecule has 0 aliphatic rings. The fourth-order valence-electron chi connectivity index (χ4n) is 5.16. The Morgan fingerprint density at radius 1 is 0.913 bits per heavy atom. The maximum atomic E-state index is 6.75. The number of ether oxygens (including phenoxy) is 4. The van der Waals surface area contributed by atoms with Crippen LogP contribution in [0.3, 0.4) is 0 Å². The van der Waals surface area contributed by atoms with Crippen LogP contribution in [-0.4, -0.2) is 58.3 Å². The molecular formula is C33H34N8O4S. The van der Waals surface area contributed by atoms with Crippen molar-refractivity contribution < 1.29 is 18.9 Å². The molecule has 2 N–H and O–H groups in total. The number of pyridine rings is 2. The summed E-state index contributed by atoms with van der Waals surface area (Å²) in [5.74, 6) is 4.91. The molecule has 46 heavy (non-hydrogen) atoms. The first kappa shape index (κ1) is 30.6. The average molecular weight is 639 g/mol. The van der Waals surface area contributed by atoms with E-state index in [2.05, 4.69) is 25.9 Å². The quantitative estimate of drug-likeness (QED) is 0.157. The van der Waals surface area contributed by atoms with Gasteiger partial charge in [0.15, 0.2) is 5.82 Å². The monoisotopic (exact) mass is 638 g/mol. The Hall–Kier alpha value is -5.43. The van der Waals surface area contributed by atoms with Crippen LogP contribution in [0.4, 0.5) is 11.6 Å². The number of fused-ring (bicyclic) bond motifs is 1. The maximum absolute atomic E-state index is 6.75. The Kier molecular flexibility index (Phi) is 8.57. The van der Waals surface area contributed by atoms with Gasteiger partial charge < -0.3 is 29.6 Å². The van der Waals surface area contributed by atoms with Gasteiger partial charge in [-0.15, -0.1) is 15.3 Å². The molecule has 0 saturated heterocycles. The molecule has 0 spiro atoms. The molecule has 6 aromatic rings. The van der Waals surface area contributed by atoms with Gasteiger partial charge in [0.1, 0.15) is 44.6 Å². The molecule has 0 aliphatic carbocycles. The van der Waals surface area contributed by atoms with Crippen molar-refractivity contribution >= 4 is 33.7 Å². The van der Waals surface area contributed by atoms with E-state index in [-0.39, 0.29) is 0 Å². The second-order valence-corrected chi connectivity index (χ2v) is 11.6. The Balaban J connectivity index is 1.58. The van der Waals surface area contributed by atoms with E-state index in [1.807, 2.05) is 76.5 Å². The molecule has 12 nitrogen and oxygen atoms in total. The van der Waals surface area contributed by atoms with E-state index < -0.39 is 0 Å². The highest BCUT2D eigenvalue weighted by Crippen LogP contribution is 2.42. The zero-order chi connectivity index (χ0) is 32.4. The highest BCUT2D eigenvalue weighted by Gasteiger charge is 2.22. The van der Waals surface area contributed by atoms with Gasteiger partial charge in [-0.05, 0) is 50.6 Å². The van der Waals surface area contributed by atoms with Crippen LogP contribution in [0, 0.1) is 20.8 Å². The number of methoxy groups -OCH3 is 3. The van der Waals surface area contributed by atoms with Gasteiger partial charge in [0, 0.05) is 60.2 Å². The highest BCUT2D eigenvalue weighted by atomic mass is 32.1. The molecule has 0 bridgehead atoms. The zero-order valence-electron chi connectivity index (χ0n) is 26.6. The smallest absolute Gasteiger partial charge is 0.232 e. The number of aromatic nitrogens is 6. The molecule has 4 aromatic heterocycles. The minimum Gasteiger partial charge on any atom is -0.497 e. The van der Waals surface area contributed by atoms with Gasteiger partial charge in [-0.2, -0.15) is 4.98 Å². The van der Waals surface area contributed by atoms with Crippen LogP contribution in [0.25, 0.3) is 27.2 Å². The Labute approximate surface area is 270 Å². The molecule has 13 heteroatoms. The number of nitrogens with one attached hydrogen (secondary N) is 2. The summed E-state index contributed by atoms with van der Waals surface area (Å²) in [5.41, 5.74) is 3.49. The Morgan fingerprint density at radius 3 is 2.43 bits per heavy atom. The number of aryl methyl sites for hydroxylation is 2. The van der Waals surface area contributed by atoms with Crippen molar-refractivity contribution in [1.29, 1.82) is 0 Å². The van der Waals surface area contributed by atoms with E-state index in [0.29, 0.717) is 58.3 Å². The lowest BCUT2D eigenvalue weighted by Crippen LogP contribution is -2.07. The molecule has 0 fully saturated rings. The second-order valence-electron chi connectivity index (χ2n) is 10.4. The van der Waals surface area contributed by atoms with Gasteiger partial charge in [-0.1, -0.05) is 17.4 Å². The zero-order valence-corrected chi connectivity index (χ0v) is 27.4. The summed E-state index contributed by atoms with van der Waals surface area (Å²) in [6.45, 7) is 6.29. The number of hydrogen-bond acceptors (Lipinski definition) is 12. The highest BCUT2D eigenvalue weighted by molar-refractivity contribution is 7.14. The van der Waals surface area contributed by atoms with Crippen LogP contribution in [0.2, 0.25) is 0 Å². The standard InChI is InChI=1S/C33H34N8O4S/c1-18-8-11-25(43-6)19(2)30(18)45-32-29-23(15-28(37-32)41-13-12-27(34-4)40-41)24(33-39-38-20(3)46-33)17-36-31(29)35-16-21-9-10-22(42-5)14-26(21)44-7/h8-15,17H,16H2,1-7H3,(H,34,40)(H,35,36). The molecule has 0 saturated carbocycles. The van der Waals surface area contributed by atoms with Crippen molar-refractivity contribution in [3.63, 3.8) is 0 Å². The van der Waals surface area contributed by atoms with Crippen molar-refractivity contribution in [2.24, 2.45) is 0 Å². The first-order valence-corrected chi connectivity index (χ1v) is 15.3. The van der Waals surface area contributed by atoms with Gasteiger partial charge in [-0.25, -0.2) is 9.67 Å². The summed E-state index contributed by atoms with van der Waals surface area (Å²) in [6, 6.07) is 13.4. The fourth-order valence-corrected chi connectivity index (χ4v) is 5.88. The number of benzene rings is 2. The fraction of sp³-hybridized carbons (Fsp3) is 0.242. The third kappa shape index (κ3) is 5.84. The van der Waals surface area contributed by atoms with Crippen molar-refractivity contribution in [1.82, 2.24) is 29.9 Å². The van der Waals surface area contributed by atoms with E-state index >= 15 is 0 Å². The number of rotatable bonds is 11. The molecule has 0 unspecified atom stereocenters. The predicted molar refractivity (Wildman–Crippen MR) is 179 cm³/mol. The minimum atomic E-state index is 0.341. The molecule has 4 heterocycles. The van der Waals surface area contributed by atoms with Gasteiger partial charge in [0.05, 0.1) is 26.7 Å². The number of hydrogen-bond donors (Lipinski definition) is 2. The molecule has 2 aromatic carbocycles. The SMILES string of the molecule is CNc1ccn(-c2cc3c(-c4nnc(C)s4)cnc(NCc4ccc(OC)cc4OC)c3c(Oc3c(C)ccc(OC)c3C)n2)n1. The van der Waals surface area contributed by atoms with Crippen molar-refractivity contribution in [3.8, 4) is 45.3 Å². The number of anilines is 2. The van der Waals surface area contributed by atoms with E-state index in [4.69, 9.17) is 28.9 Å². The van der Waals surface area contributed by atoms with E-state index in [1.54, 1.807) is 32.2 Å². The van der Waals surface area contributed by atoms with Crippen LogP contribution in [0.1, 0.15) is 21.7 Å². The van der Waals surface area contributed by atoms with E-state index in [1.165, 1.54) is 11.3 Å². The van der Waals surface area contributed by atoms with Crippen molar-refractivity contribution in [3.05, 3.63) is 76.6 Å². The lowest BCUT2D eigenvalue weighted by atomic mass is 10.1. The first-order valence-electron chi connectivity index (χ1n) is 14.5. The van der Waals surface area contributed by atoms with Gasteiger partial charge in [0.2, 0.25) is 5.88 Å². The van der Waals surface area contributed by atoms with Crippen LogP contribution in [0.5, 0.6) is 28.9 Å². The summed E-state index contributed by atoms with van der Waals surface area (Å²) < 4.78 is 25.1. The topological polar surface area (TPSA) is 130 Å². The van der Waals surface area contributed by atoms with Gasteiger partial charge >= 0.3 is 0 Å². The molecule has 0 amide bonds. The maximum Gasteiger partial charge on any atom is 0.232 e. The third-order valence-corrected chi connectivity index (χ3v) is 8.44. The summed E-state index contributed by atoms with van der Waals surface area (Å²) in [5, 5.41) is 23.0. The molecular weight excluding hydrogens is 604 g/mol. The van der Waals surface area contributed by atoms with Crippen LogP contribution in [-0.2, 0) is 6.54 Å². The summed E-state index contributed by atoms with van der Waals surface area (Å²) in [6.07, 6.45) is 3.64. The summed E-state index contributed by atoms with van der Waals surface area (Å²) >= 11 is 1.49. The lowest BCUT2D eigenvalue weighted by molar-refractivity contribution is 0.391. The second kappa shape index (κ2) is 12.9. The molecule has 6 rings (SSSR count). The minimum absolute atomic E-state index is 0.341. The number of nitrogens with zero attached hydrogens (tertiary/aromatic N) is 6. The first-order chi connectivity index (χ1) is 22.3. The van der Waals surface area contributed by atoms with Crippen molar-refractivity contribution in [2.75, 3.05) is 39.0 Å². The van der Waals surface area contributed by atoms with Crippen molar-refractivity contribution in [2.45, 2.75) is 27.3 Å². The molecule has 0 aliphatic heterocycles. The lowest BCUT2D eigenvalue weighted by Gasteiger charge is -2.19. The van der Waals surface area contributed by atoms with E-state index in [9.17, 15) is 0 Å². The molecule has 0 atom stereocenters. The van der Waals surface area contributed by atoms with Crippen LogP contribution < -0.4 is 29.6 Å². The largest absolute Gasteiger partial charge is 0.497 e. The Bertz CT molecular complexity index is 2040. The van der Waals surface area contributed by atoms with Crippen LogP contribution >= 0.6 is 11.3 Å². The normalized spacial score (nSPS) is 11.0. The van der Waals surface area contributed by atoms with Crippen LogP contribution in [0.15, 0.2) is 54.9 Å². The van der Waals surface area contributed by atoms with Gasteiger partial charge in [0.25, 0.3) is 0 Å². The predicted octanol–water partition coefficient (Wildman–Crippen LogP) is 6.73. The molecule has 0 radical (unpaired) electrons. The van der Waals surface area contributed by atoms with E-state index in [0.717, 1.165) is 37.7 Å². The third-order valence-electron chi connectivity index (χ3n) is 7.57. The van der Waals surface area contributed by atoms with Gasteiger partial charge in [-0.3, -0.25) is 0 Å². The summed E-state index contributed by atoms with van der Waals surface area (Å²) in [7, 11) is 6.72.